The zero-order valence-electron chi connectivity index (χ0n) is 16.9. The maximum atomic E-state index is 11.7. The van der Waals surface area contributed by atoms with E-state index in [1.807, 2.05) is 0 Å². The predicted molar refractivity (Wildman–Crippen MR) is 106 cm³/mol. The summed E-state index contributed by atoms with van der Waals surface area (Å²) in [5, 5.41) is 8.78. The van der Waals surface area contributed by atoms with Crippen LogP contribution in [-0.4, -0.2) is 25.5 Å². The second kappa shape index (κ2) is 9.47. The summed E-state index contributed by atoms with van der Waals surface area (Å²) in [6.07, 6.45) is 0. The van der Waals surface area contributed by atoms with E-state index in [9.17, 15) is 17.8 Å². The van der Waals surface area contributed by atoms with Crippen molar-refractivity contribution >= 4 is 43.9 Å². The minimum atomic E-state index is -4.48. The van der Waals surface area contributed by atoms with E-state index in [0.717, 1.165) is 0 Å². The Kier molecular flexibility index (Phi) is 7.50. The van der Waals surface area contributed by atoms with E-state index in [0.29, 0.717) is 22.0 Å². The molecule has 0 spiro atoms. The number of hydrogen-bond donors (Lipinski definition) is 2. The Labute approximate surface area is 191 Å². The van der Waals surface area contributed by atoms with Crippen molar-refractivity contribution in [2.45, 2.75) is 11.8 Å². The molecule has 0 aliphatic rings. The molecule has 0 radical (unpaired) electrons. The number of azo groups is 1. The van der Waals surface area contributed by atoms with Gasteiger partial charge < -0.3 is 11.9 Å². The molecule has 3 rings (SSSR count). The summed E-state index contributed by atoms with van der Waals surface area (Å²) in [5.74, 6) is -0.442. The smallest absolute Gasteiger partial charge is 1.00 e. The van der Waals surface area contributed by atoms with Gasteiger partial charge in [0, 0.05) is 10.8 Å². The quantitative estimate of drug-likeness (QED) is 0.210. The van der Waals surface area contributed by atoms with E-state index >= 15 is 0 Å². The molecular formula is C19H18N3NaO5S. The van der Waals surface area contributed by atoms with Gasteiger partial charge in [-0.3, -0.25) is 4.55 Å². The average Bonchev–Trinajstić information content (AvgIpc) is 2.67. The SMILES string of the molecule is CCOC(=O)c1ccc(N=Nc2cc(S(=O)(=O)O)c3ccccc3c2N)cc1.[H-].[Na+]. The Morgan fingerprint density at radius 3 is 2.31 bits per heavy atom. The van der Waals surface area contributed by atoms with Crippen molar-refractivity contribution in [3.8, 4) is 0 Å². The zero-order valence-corrected chi connectivity index (χ0v) is 18.7. The number of carbonyl (C=O) groups is 1. The maximum absolute atomic E-state index is 11.7. The molecule has 0 bridgehead atoms. The van der Waals surface area contributed by atoms with Crippen LogP contribution in [0.4, 0.5) is 17.1 Å². The molecule has 146 valence electrons. The van der Waals surface area contributed by atoms with Crippen molar-refractivity contribution in [3.05, 3.63) is 60.2 Å². The number of anilines is 1. The van der Waals surface area contributed by atoms with Crippen molar-refractivity contribution in [2.75, 3.05) is 12.3 Å². The third-order valence-corrected chi connectivity index (χ3v) is 4.85. The van der Waals surface area contributed by atoms with Gasteiger partial charge in [-0.25, -0.2) is 4.79 Å². The van der Waals surface area contributed by atoms with Crippen LogP contribution >= 0.6 is 0 Å². The Morgan fingerprint density at radius 2 is 1.72 bits per heavy atom. The molecule has 8 nitrogen and oxygen atoms in total. The molecule has 0 fully saturated rings. The molecule has 0 heterocycles. The average molecular weight is 423 g/mol. The summed E-state index contributed by atoms with van der Waals surface area (Å²) >= 11 is 0. The Bertz CT molecular complexity index is 1180. The van der Waals surface area contributed by atoms with Gasteiger partial charge in [0.25, 0.3) is 10.1 Å². The normalized spacial score (nSPS) is 11.4. The van der Waals surface area contributed by atoms with Crippen molar-refractivity contribution in [1.82, 2.24) is 0 Å². The van der Waals surface area contributed by atoms with Gasteiger partial charge in [0.1, 0.15) is 10.6 Å². The van der Waals surface area contributed by atoms with Gasteiger partial charge >= 0.3 is 35.5 Å². The molecule has 0 aliphatic carbocycles. The summed E-state index contributed by atoms with van der Waals surface area (Å²) in [7, 11) is -4.48. The first-order chi connectivity index (χ1) is 13.3. The third-order valence-electron chi connectivity index (χ3n) is 3.96. The molecule has 3 aromatic carbocycles. The van der Waals surface area contributed by atoms with Crippen molar-refractivity contribution in [2.24, 2.45) is 10.2 Å². The second-order valence-electron chi connectivity index (χ2n) is 5.80. The first kappa shape index (κ1) is 23.0. The summed E-state index contributed by atoms with van der Waals surface area (Å²) in [6, 6.07) is 13.9. The topological polar surface area (TPSA) is 131 Å². The molecule has 0 unspecified atom stereocenters. The second-order valence-corrected chi connectivity index (χ2v) is 7.19. The number of esters is 1. The van der Waals surface area contributed by atoms with Crippen LogP contribution in [0.15, 0.2) is 69.7 Å². The standard InChI is InChI=1S/C19H17N3O5S.Na.H/c1-2-27-19(23)12-7-9-13(10-8-12)21-22-16-11-17(28(24,25)26)14-5-3-4-6-15(14)18(16)20;;/h3-11H,2,20H2,1H3,(H,24,25,26);;/q;+1;-1. The number of rotatable bonds is 5. The maximum Gasteiger partial charge on any atom is 1.00 e. The van der Waals surface area contributed by atoms with Gasteiger partial charge in [-0.2, -0.15) is 13.5 Å². The molecule has 0 atom stereocenters. The number of fused-ring (bicyclic) bond motifs is 1. The van der Waals surface area contributed by atoms with Crippen LogP contribution in [0.2, 0.25) is 0 Å². The van der Waals surface area contributed by atoms with Crippen LogP contribution in [-0.2, 0) is 14.9 Å². The van der Waals surface area contributed by atoms with Gasteiger partial charge in [0.2, 0.25) is 0 Å². The number of hydrogen-bond acceptors (Lipinski definition) is 7. The number of nitrogens with zero attached hydrogens (tertiary/aromatic N) is 2. The van der Waals surface area contributed by atoms with Gasteiger partial charge in [-0.05, 0) is 37.3 Å². The number of nitrogen functional groups attached to an aromatic ring is 1. The van der Waals surface area contributed by atoms with E-state index in [1.165, 1.54) is 6.07 Å². The van der Waals surface area contributed by atoms with Gasteiger partial charge in [0.15, 0.2) is 0 Å². The summed E-state index contributed by atoms with van der Waals surface area (Å²) in [4.78, 5) is 11.4. The van der Waals surface area contributed by atoms with Gasteiger partial charge in [0.05, 0.1) is 23.5 Å². The first-order valence-electron chi connectivity index (χ1n) is 8.29. The van der Waals surface area contributed by atoms with Crippen molar-refractivity contribution < 1.29 is 53.5 Å². The number of carbonyl (C=O) groups excluding carboxylic acids is 1. The van der Waals surface area contributed by atoms with E-state index in [4.69, 9.17) is 10.5 Å². The molecule has 3 aromatic rings. The summed E-state index contributed by atoms with van der Waals surface area (Å²) in [5.41, 5.74) is 7.23. The van der Waals surface area contributed by atoms with E-state index in [-0.39, 0.29) is 53.9 Å². The Morgan fingerprint density at radius 1 is 1.10 bits per heavy atom. The van der Waals surface area contributed by atoms with Crippen LogP contribution in [0.25, 0.3) is 10.8 Å². The van der Waals surface area contributed by atoms with Gasteiger partial charge in [-0.1, -0.05) is 24.3 Å². The minimum absolute atomic E-state index is 0. The van der Waals surface area contributed by atoms with Crippen LogP contribution in [0.5, 0.6) is 0 Å². The van der Waals surface area contributed by atoms with Gasteiger partial charge in [-0.15, -0.1) is 5.11 Å². The van der Waals surface area contributed by atoms with Crippen LogP contribution in [0.3, 0.4) is 0 Å². The predicted octanol–water partition coefficient (Wildman–Crippen LogP) is 1.38. The zero-order chi connectivity index (χ0) is 20.3. The molecule has 0 saturated carbocycles. The fourth-order valence-electron chi connectivity index (χ4n) is 2.64. The fourth-order valence-corrected chi connectivity index (χ4v) is 3.35. The minimum Gasteiger partial charge on any atom is -1.00 e. The van der Waals surface area contributed by atoms with Crippen LogP contribution in [0.1, 0.15) is 18.7 Å². The fraction of sp³-hybridized carbons (Fsp3) is 0.105. The molecule has 0 saturated heterocycles. The summed E-state index contributed by atoms with van der Waals surface area (Å²) in [6.45, 7) is 1.99. The van der Waals surface area contributed by atoms with Crippen molar-refractivity contribution in [1.29, 1.82) is 0 Å². The number of nitrogens with two attached hydrogens (primary N) is 1. The van der Waals surface area contributed by atoms with Crippen LogP contribution in [0, 0.1) is 0 Å². The Balaban J connectivity index is 0.00000225. The number of ether oxygens (including phenoxy) is 1. The van der Waals surface area contributed by atoms with E-state index in [1.54, 1.807) is 55.5 Å². The molecule has 0 amide bonds. The molecule has 10 heteroatoms. The largest absolute Gasteiger partial charge is 1.00 e. The Hall–Kier alpha value is -2.30. The van der Waals surface area contributed by atoms with Crippen LogP contribution < -0.4 is 35.3 Å². The molecule has 29 heavy (non-hydrogen) atoms. The monoisotopic (exact) mass is 423 g/mol. The third kappa shape index (κ3) is 5.20. The molecule has 0 aliphatic heterocycles. The first-order valence-corrected chi connectivity index (χ1v) is 9.73. The molecule has 0 aromatic heterocycles. The molecule has 3 N–H and O–H groups in total. The van der Waals surface area contributed by atoms with Crippen molar-refractivity contribution in [3.63, 3.8) is 0 Å². The molecular weight excluding hydrogens is 405 g/mol. The number of benzene rings is 3. The van der Waals surface area contributed by atoms with E-state index in [2.05, 4.69) is 10.2 Å². The summed E-state index contributed by atoms with van der Waals surface area (Å²) < 4.78 is 37.9. The van der Waals surface area contributed by atoms with E-state index < -0.39 is 16.1 Å².